The average Bonchev–Trinajstić information content (AvgIpc) is 2.63. The predicted octanol–water partition coefficient (Wildman–Crippen LogP) is 2.10. The number of hydrogen-bond acceptors (Lipinski definition) is 4. The third kappa shape index (κ3) is 3.87. The lowest BCUT2D eigenvalue weighted by Crippen LogP contribution is -2.40. The Morgan fingerprint density at radius 3 is 2.52 bits per heavy atom. The number of ether oxygens (including phenoxy) is 1. The summed E-state index contributed by atoms with van der Waals surface area (Å²) in [6.07, 6.45) is 0. The van der Waals surface area contributed by atoms with Crippen molar-refractivity contribution in [3.8, 4) is 0 Å². The van der Waals surface area contributed by atoms with Gasteiger partial charge in [-0.25, -0.2) is 12.8 Å². The number of anilines is 1. The zero-order valence-electron chi connectivity index (χ0n) is 13.3. The van der Waals surface area contributed by atoms with E-state index >= 15 is 0 Å². The second-order valence-electron chi connectivity index (χ2n) is 5.48. The largest absolute Gasteiger partial charge is 0.379 e. The number of nitrogens with one attached hydrogen (secondary N) is 1. The van der Waals surface area contributed by atoms with Crippen LogP contribution >= 0.6 is 0 Å². The Morgan fingerprint density at radius 1 is 1.08 bits per heavy atom. The van der Waals surface area contributed by atoms with Crippen molar-refractivity contribution in [1.82, 2.24) is 4.31 Å². The molecule has 0 aliphatic carbocycles. The topological polar surface area (TPSA) is 75.7 Å². The lowest BCUT2D eigenvalue weighted by Gasteiger charge is -2.26. The van der Waals surface area contributed by atoms with Crippen molar-refractivity contribution in [3.63, 3.8) is 0 Å². The molecule has 1 aliphatic rings. The van der Waals surface area contributed by atoms with Gasteiger partial charge in [0.25, 0.3) is 5.91 Å². The highest BCUT2D eigenvalue weighted by Crippen LogP contribution is 2.21. The molecule has 8 heteroatoms. The van der Waals surface area contributed by atoms with E-state index in [1.165, 1.54) is 40.7 Å². The molecular formula is C17H17FN2O4S. The van der Waals surface area contributed by atoms with Gasteiger partial charge in [-0.1, -0.05) is 18.2 Å². The summed E-state index contributed by atoms with van der Waals surface area (Å²) in [5.74, 6) is -1.28. The van der Waals surface area contributed by atoms with Gasteiger partial charge in [-0.15, -0.1) is 0 Å². The fourth-order valence-corrected chi connectivity index (χ4v) is 3.97. The number of hydrogen-bond donors (Lipinski definition) is 1. The van der Waals surface area contributed by atoms with Gasteiger partial charge in [0, 0.05) is 18.8 Å². The molecular weight excluding hydrogens is 347 g/mol. The SMILES string of the molecule is O=C(Nc1cccc(S(=O)(=O)N2CCOCC2)c1)c1ccccc1F. The van der Waals surface area contributed by atoms with Crippen LogP contribution in [0.5, 0.6) is 0 Å². The van der Waals surface area contributed by atoms with E-state index < -0.39 is 21.7 Å². The maximum Gasteiger partial charge on any atom is 0.258 e. The van der Waals surface area contributed by atoms with Crippen LogP contribution in [-0.2, 0) is 14.8 Å². The van der Waals surface area contributed by atoms with Gasteiger partial charge in [-0.2, -0.15) is 4.31 Å². The van der Waals surface area contributed by atoms with Crippen LogP contribution in [0, 0.1) is 5.82 Å². The first-order valence-corrected chi connectivity index (χ1v) is 9.16. The van der Waals surface area contributed by atoms with Gasteiger partial charge in [0.15, 0.2) is 0 Å². The van der Waals surface area contributed by atoms with Gasteiger partial charge < -0.3 is 10.1 Å². The lowest BCUT2D eigenvalue weighted by atomic mass is 10.2. The Kier molecular flexibility index (Phi) is 5.12. The van der Waals surface area contributed by atoms with E-state index in [0.29, 0.717) is 13.2 Å². The number of rotatable bonds is 4. The number of carbonyl (C=O) groups excluding carboxylic acids is 1. The summed E-state index contributed by atoms with van der Waals surface area (Å²) in [7, 11) is -3.67. The lowest BCUT2D eigenvalue weighted by molar-refractivity contribution is 0.0730. The molecule has 0 aromatic heterocycles. The summed E-state index contributed by atoms with van der Waals surface area (Å²) < 4.78 is 45.5. The first-order chi connectivity index (χ1) is 12.0. The fourth-order valence-electron chi connectivity index (χ4n) is 2.51. The van der Waals surface area contributed by atoms with E-state index in [1.54, 1.807) is 12.1 Å². The van der Waals surface area contributed by atoms with E-state index in [2.05, 4.69) is 5.32 Å². The normalized spacial score (nSPS) is 15.7. The third-order valence-corrected chi connectivity index (χ3v) is 5.71. The predicted molar refractivity (Wildman–Crippen MR) is 90.4 cm³/mol. The average molecular weight is 364 g/mol. The molecule has 1 aliphatic heterocycles. The van der Waals surface area contributed by atoms with Crippen LogP contribution in [0.15, 0.2) is 53.4 Å². The standard InChI is InChI=1S/C17H17FN2O4S/c18-16-7-2-1-6-15(16)17(21)19-13-4-3-5-14(12-13)25(22,23)20-8-10-24-11-9-20/h1-7,12H,8-11H2,(H,19,21). The molecule has 0 bridgehead atoms. The van der Waals surface area contributed by atoms with E-state index in [9.17, 15) is 17.6 Å². The zero-order chi connectivity index (χ0) is 17.9. The van der Waals surface area contributed by atoms with Crippen LogP contribution < -0.4 is 5.32 Å². The van der Waals surface area contributed by atoms with Crippen molar-refractivity contribution in [3.05, 3.63) is 59.9 Å². The molecule has 1 saturated heterocycles. The quantitative estimate of drug-likeness (QED) is 0.901. The Hall–Kier alpha value is -2.29. The van der Waals surface area contributed by atoms with Gasteiger partial charge in [-0.05, 0) is 30.3 Å². The van der Waals surface area contributed by atoms with Crippen LogP contribution in [-0.4, -0.2) is 44.9 Å². The molecule has 25 heavy (non-hydrogen) atoms. The van der Waals surface area contributed by atoms with Gasteiger partial charge in [-0.3, -0.25) is 4.79 Å². The summed E-state index contributed by atoms with van der Waals surface area (Å²) in [5.41, 5.74) is 0.173. The molecule has 2 aromatic rings. The minimum Gasteiger partial charge on any atom is -0.379 e. The van der Waals surface area contributed by atoms with Gasteiger partial charge >= 0.3 is 0 Å². The molecule has 3 rings (SSSR count). The van der Waals surface area contributed by atoms with Crippen molar-refractivity contribution in [2.75, 3.05) is 31.6 Å². The van der Waals surface area contributed by atoms with Crippen molar-refractivity contribution in [2.45, 2.75) is 4.90 Å². The fraction of sp³-hybridized carbons (Fsp3) is 0.235. The number of amides is 1. The summed E-state index contributed by atoms with van der Waals surface area (Å²) >= 11 is 0. The van der Waals surface area contributed by atoms with Gasteiger partial charge in [0.05, 0.1) is 23.7 Å². The zero-order valence-corrected chi connectivity index (χ0v) is 14.1. The summed E-state index contributed by atoms with van der Waals surface area (Å²) in [5, 5.41) is 2.53. The first kappa shape index (κ1) is 17.5. The minimum atomic E-state index is -3.67. The Bertz CT molecular complexity index is 880. The van der Waals surface area contributed by atoms with E-state index in [4.69, 9.17) is 4.74 Å². The summed E-state index contributed by atoms with van der Waals surface area (Å²) in [6, 6.07) is 11.5. The van der Waals surface area contributed by atoms with Gasteiger partial charge in [0.1, 0.15) is 5.82 Å². The molecule has 1 N–H and O–H groups in total. The number of sulfonamides is 1. The molecule has 0 radical (unpaired) electrons. The maximum atomic E-state index is 13.7. The van der Waals surface area contributed by atoms with Crippen LogP contribution in [0.1, 0.15) is 10.4 Å². The molecule has 2 aromatic carbocycles. The molecule has 132 valence electrons. The Balaban J connectivity index is 1.82. The Labute approximate surface area is 145 Å². The molecule has 1 heterocycles. The number of nitrogens with zero attached hydrogens (tertiary/aromatic N) is 1. The highest BCUT2D eigenvalue weighted by Gasteiger charge is 2.26. The molecule has 0 unspecified atom stereocenters. The van der Waals surface area contributed by atoms with Crippen molar-refractivity contribution in [2.24, 2.45) is 0 Å². The van der Waals surface area contributed by atoms with Crippen molar-refractivity contribution >= 4 is 21.6 Å². The van der Waals surface area contributed by atoms with Gasteiger partial charge in [0.2, 0.25) is 10.0 Å². The molecule has 1 amide bonds. The number of morpholine rings is 1. The number of carbonyl (C=O) groups is 1. The third-order valence-electron chi connectivity index (χ3n) is 3.82. The molecule has 0 atom stereocenters. The maximum absolute atomic E-state index is 13.7. The monoisotopic (exact) mass is 364 g/mol. The number of halogens is 1. The van der Waals surface area contributed by atoms with Crippen LogP contribution in [0.3, 0.4) is 0 Å². The highest BCUT2D eigenvalue weighted by atomic mass is 32.2. The van der Waals surface area contributed by atoms with Crippen LogP contribution in [0.2, 0.25) is 0 Å². The van der Waals surface area contributed by atoms with E-state index in [1.807, 2.05) is 0 Å². The van der Waals surface area contributed by atoms with E-state index in [-0.39, 0.29) is 29.2 Å². The molecule has 6 nitrogen and oxygen atoms in total. The highest BCUT2D eigenvalue weighted by molar-refractivity contribution is 7.89. The minimum absolute atomic E-state index is 0.0701. The Morgan fingerprint density at radius 2 is 1.80 bits per heavy atom. The first-order valence-electron chi connectivity index (χ1n) is 7.72. The molecule has 1 fully saturated rings. The smallest absolute Gasteiger partial charge is 0.258 e. The van der Waals surface area contributed by atoms with E-state index in [0.717, 1.165) is 0 Å². The summed E-state index contributed by atoms with van der Waals surface area (Å²) in [6.45, 7) is 1.27. The van der Waals surface area contributed by atoms with Crippen molar-refractivity contribution < 1.29 is 22.3 Å². The molecule has 0 saturated carbocycles. The second-order valence-corrected chi connectivity index (χ2v) is 7.42. The molecule has 0 spiro atoms. The van der Waals surface area contributed by atoms with Crippen LogP contribution in [0.4, 0.5) is 10.1 Å². The summed E-state index contributed by atoms with van der Waals surface area (Å²) in [4.78, 5) is 12.2. The van der Waals surface area contributed by atoms with Crippen LogP contribution in [0.25, 0.3) is 0 Å². The number of benzene rings is 2. The second kappa shape index (κ2) is 7.30. The van der Waals surface area contributed by atoms with Crippen molar-refractivity contribution in [1.29, 1.82) is 0 Å².